The molecular formula is C19H22FN3O. The maximum atomic E-state index is 13.4. The van der Waals surface area contributed by atoms with Crippen LogP contribution in [0.5, 0.6) is 0 Å². The number of nitrogens with zero attached hydrogens (tertiary/aromatic N) is 2. The zero-order chi connectivity index (χ0) is 17.3. The van der Waals surface area contributed by atoms with Crippen molar-refractivity contribution in [3.63, 3.8) is 0 Å². The molecule has 5 heteroatoms. The summed E-state index contributed by atoms with van der Waals surface area (Å²) < 4.78 is 19.0. The fraction of sp³-hybridized carbons (Fsp3) is 0.368. The Morgan fingerprint density at radius 3 is 2.79 bits per heavy atom. The molecule has 24 heavy (non-hydrogen) atoms. The highest BCUT2D eigenvalue weighted by Gasteiger charge is 2.29. The van der Waals surface area contributed by atoms with Gasteiger partial charge >= 0.3 is 0 Å². The number of anilines is 2. The van der Waals surface area contributed by atoms with Crippen LogP contribution in [0.15, 0.2) is 36.2 Å². The Hall–Kier alpha value is -2.43. The van der Waals surface area contributed by atoms with Gasteiger partial charge in [0.25, 0.3) is 0 Å². The molecule has 0 radical (unpaired) electrons. The van der Waals surface area contributed by atoms with Crippen molar-refractivity contribution in [3.8, 4) is 0 Å². The van der Waals surface area contributed by atoms with Crippen molar-refractivity contribution in [2.75, 3.05) is 12.4 Å². The van der Waals surface area contributed by atoms with Crippen molar-refractivity contribution in [3.05, 3.63) is 58.9 Å². The third-order valence-corrected chi connectivity index (χ3v) is 4.34. The maximum absolute atomic E-state index is 13.4. The van der Waals surface area contributed by atoms with Gasteiger partial charge < -0.3 is 10.1 Å². The van der Waals surface area contributed by atoms with Gasteiger partial charge in [0.15, 0.2) is 0 Å². The van der Waals surface area contributed by atoms with Crippen LogP contribution in [0.25, 0.3) is 0 Å². The molecule has 1 N–H and O–H groups in total. The molecule has 4 nitrogen and oxygen atoms in total. The van der Waals surface area contributed by atoms with E-state index in [1.165, 1.54) is 6.07 Å². The molecule has 0 fully saturated rings. The lowest BCUT2D eigenvalue weighted by molar-refractivity contribution is 0.240. The van der Waals surface area contributed by atoms with Crippen LogP contribution in [0.1, 0.15) is 36.6 Å². The molecule has 0 aliphatic heterocycles. The molecule has 1 aromatic carbocycles. The molecule has 0 amide bonds. The molecule has 1 aliphatic rings. The summed E-state index contributed by atoms with van der Waals surface area (Å²) in [4.78, 5) is 9.12. The van der Waals surface area contributed by atoms with Crippen molar-refractivity contribution < 1.29 is 9.13 Å². The highest BCUT2D eigenvalue weighted by atomic mass is 19.1. The number of nitrogens with one attached hydrogen (secondary N) is 1. The van der Waals surface area contributed by atoms with Crippen molar-refractivity contribution in [2.24, 2.45) is 5.92 Å². The smallest absolute Gasteiger partial charge is 0.227 e. The van der Waals surface area contributed by atoms with E-state index < -0.39 is 0 Å². The minimum Gasteiger partial charge on any atom is -0.501 e. The third kappa shape index (κ3) is 3.11. The molecular weight excluding hydrogens is 305 g/mol. The second-order valence-corrected chi connectivity index (χ2v) is 6.43. The summed E-state index contributed by atoms with van der Waals surface area (Å²) in [5.41, 5.74) is 3.48. The molecule has 1 unspecified atom stereocenters. The minimum atomic E-state index is -0.221. The van der Waals surface area contributed by atoms with Crippen LogP contribution in [-0.4, -0.2) is 17.1 Å². The lowest BCUT2D eigenvalue weighted by atomic mass is 9.83. The first-order valence-corrected chi connectivity index (χ1v) is 8.12. The summed E-state index contributed by atoms with van der Waals surface area (Å²) in [5, 5.41) is 3.17. The van der Waals surface area contributed by atoms with Crippen LogP contribution < -0.4 is 5.32 Å². The molecule has 0 saturated carbocycles. The Bertz CT molecular complexity index is 786. The number of hydrogen-bond donors (Lipinski definition) is 1. The van der Waals surface area contributed by atoms with Crippen molar-refractivity contribution >= 4 is 11.6 Å². The van der Waals surface area contributed by atoms with Crippen LogP contribution in [0.3, 0.4) is 0 Å². The van der Waals surface area contributed by atoms with Crippen LogP contribution in [0.4, 0.5) is 16.0 Å². The number of aryl methyl sites for hydroxylation is 1. The average molecular weight is 327 g/mol. The lowest BCUT2D eigenvalue weighted by Crippen LogP contribution is -2.20. The first-order valence-electron chi connectivity index (χ1n) is 8.12. The van der Waals surface area contributed by atoms with Gasteiger partial charge in [-0.15, -0.1) is 0 Å². The van der Waals surface area contributed by atoms with Crippen molar-refractivity contribution in [1.29, 1.82) is 0 Å². The standard InChI is InChI=1S/C19H22FN3O/c1-11(2)17-16(24-4)8-5-13-10-21-19(23-18(13)17)22-14-6-7-15(20)12(3)9-14/h6-11,17H,5H2,1-4H3,(H,21,22,23). The van der Waals surface area contributed by atoms with Crippen molar-refractivity contribution in [2.45, 2.75) is 33.1 Å². The number of halogens is 1. The Morgan fingerprint density at radius 1 is 1.33 bits per heavy atom. The molecule has 1 aliphatic carbocycles. The average Bonchev–Trinajstić information content (AvgIpc) is 2.56. The quantitative estimate of drug-likeness (QED) is 0.898. The molecule has 3 rings (SSSR count). The van der Waals surface area contributed by atoms with Crippen LogP contribution >= 0.6 is 0 Å². The number of allylic oxidation sites excluding steroid dienone is 2. The summed E-state index contributed by atoms with van der Waals surface area (Å²) in [5.74, 6) is 1.74. The van der Waals surface area contributed by atoms with Crippen LogP contribution in [0, 0.1) is 18.7 Å². The van der Waals surface area contributed by atoms with Crippen LogP contribution in [-0.2, 0) is 11.2 Å². The Morgan fingerprint density at radius 2 is 2.12 bits per heavy atom. The van der Waals surface area contributed by atoms with E-state index in [0.29, 0.717) is 17.4 Å². The van der Waals surface area contributed by atoms with Crippen molar-refractivity contribution in [1.82, 2.24) is 9.97 Å². The fourth-order valence-corrected chi connectivity index (χ4v) is 3.09. The summed E-state index contributed by atoms with van der Waals surface area (Å²) in [6.07, 6.45) is 4.74. The first-order chi connectivity index (χ1) is 11.5. The van der Waals surface area contributed by atoms with Gasteiger partial charge in [-0.25, -0.2) is 14.4 Å². The third-order valence-electron chi connectivity index (χ3n) is 4.34. The molecule has 0 bridgehead atoms. The van der Waals surface area contributed by atoms with Gasteiger partial charge in [-0.3, -0.25) is 0 Å². The Labute approximate surface area is 141 Å². The molecule has 1 aromatic heterocycles. The zero-order valence-electron chi connectivity index (χ0n) is 14.4. The Kier molecular flexibility index (Phi) is 4.51. The van der Waals surface area contributed by atoms with Gasteiger partial charge in [0.05, 0.1) is 18.7 Å². The predicted molar refractivity (Wildman–Crippen MR) is 92.8 cm³/mol. The zero-order valence-corrected chi connectivity index (χ0v) is 14.4. The highest BCUT2D eigenvalue weighted by Crippen LogP contribution is 2.37. The summed E-state index contributed by atoms with van der Waals surface area (Å²) in [6.45, 7) is 6.05. The number of aromatic nitrogens is 2. The topological polar surface area (TPSA) is 47.0 Å². The number of fused-ring (bicyclic) bond motifs is 1. The molecule has 1 heterocycles. The largest absolute Gasteiger partial charge is 0.501 e. The number of hydrogen-bond acceptors (Lipinski definition) is 4. The second kappa shape index (κ2) is 6.59. The van der Waals surface area contributed by atoms with E-state index in [4.69, 9.17) is 9.72 Å². The summed E-state index contributed by atoms with van der Waals surface area (Å²) in [7, 11) is 1.70. The fourth-order valence-electron chi connectivity index (χ4n) is 3.09. The normalized spacial score (nSPS) is 16.6. The van der Waals surface area contributed by atoms with Gasteiger partial charge in [0.1, 0.15) is 11.6 Å². The van der Waals surface area contributed by atoms with Gasteiger partial charge in [-0.05, 0) is 54.7 Å². The number of methoxy groups -OCH3 is 1. The van der Waals surface area contributed by atoms with E-state index in [1.807, 2.05) is 6.20 Å². The molecule has 0 spiro atoms. The Balaban J connectivity index is 1.93. The second-order valence-electron chi connectivity index (χ2n) is 6.43. The number of rotatable bonds is 4. The SMILES string of the molecule is COC1=CCc2cnc(Nc3ccc(F)c(C)c3)nc2C1C(C)C. The monoisotopic (exact) mass is 327 g/mol. The van der Waals surface area contributed by atoms with Crippen LogP contribution in [0.2, 0.25) is 0 Å². The number of benzene rings is 1. The van der Waals surface area contributed by atoms with E-state index in [1.54, 1.807) is 26.2 Å². The maximum Gasteiger partial charge on any atom is 0.227 e. The van der Waals surface area contributed by atoms with E-state index in [9.17, 15) is 4.39 Å². The molecule has 1 atom stereocenters. The first kappa shape index (κ1) is 16.4. The van der Waals surface area contributed by atoms with E-state index in [2.05, 4.69) is 30.2 Å². The highest BCUT2D eigenvalue weighted by molar-refractivity contribution is 5.55. The van der Waals surface area contributed by atoms with Gasteiger partial charge in [0, 0.05) is 11.9 Å². The summed E-state index contributed by atoms with van der Waals surface area (Å²) >= 11 is 0. The molecule has 2 aromatic rings. The van der Waals surface area contributed by atoms with E-state index in [0.717, 1.165) is 29.1 Å². The lowest BCUT2D eigenvalue weighted by Gasteiger charge is -2.28. The van der Waals surface area contributed by atoms with Gasteiger partial charge in [0.2, 0.25) is 5.95 Å². The molecule has 0 saturated heterocycles. The van der Waals surface area contributed by atoms with E-state index in [-0.39, 0.29) is 11.7 Å². The minimum absolute atomic E-state index is 0.122. The predicted octanol–water partition coefficient (Wildman–Crippen LogP) is 4.49. The number of ether oxygens (including phenoxy) is 1. The summed E-state index contributed by atoms with van der Waals surface area (Å²) in [6, 6.07) is 4.88. The van der Waals surface area contributed by atoms with Gasteiger partial charge in [-0.2, -0.15) is 0 Å². The van der Waals surface area contributed by atoms with Gasteiger partial charge in [-0.1, -0.05) is 13.8 Å². The van der Waals surface area contributed by atoms with E-state index >= 15 is 0 Å². The molecule has 126 valence electrons.